The number of dihydropyridines is 1. The van der Waals surface area contributed by atoms with Crippen molar-refractivity contribution in [2.45, 2.75) is 38.8 Å². The molecule has 6 heteroatoms. The largest absolute Gasteiger partial charge is 0.477 e. The molecule has 28 heavy (non-hydrogen) atoms. The third-order valence-corrected chi connectivity index (χ3v) is 5.50. The Morgan fingerprint density at radius 1 is 1.29 bits per heavy atom. The Balaban J connectivity index is 1.39. The number of nitrogens with one attached hydrogen (secondary N) is 1. The number of rotatable bonds is 6. The number of carbonyl (C=O) groups is 1. The molecule has 0 bridgehead atoms. The summed E-state index contributed by atoms with van der Waals surface area (Å²) in [5, 5.41) is 3.14. The number of alkyl halides is 1. The van der Waals surface area contributed by atoms with Crippen LogP contribution in [-0.4, -0.2) is 61.7 Å². The van der Waals surface area contributed by atoms with Gasteiger partial charge in [-0.25, -0.2) is 4.39 Å². The molecular weight excluding hydrogens is 357 g/mol. The summed E-state index contributed by atoms with van der Waals surface area (Å²) in [6.45, 7) is 7.01. The van der Waals surface area contributed by atoms with E-state index in [1.807, 2.05) is 44.2 Å². The summed E-state index contributed by atoms with van der Waals surface area (Å²) in [7, 11) is 0. The van der Waals surface area contributed by atoms with E-state index < -0.39 is 5.67 Å². The number of hydrogen-bond acceptors (Lipinski definition) is 4. The Labute approximate surface area is 166 Å². The predicted molar refractivity (Wildman–Crippen MR) is 110 cm³/mol. The van der Waals surface area contributed by atoms with Crippen LogP contribution in [0.1, 0.15) is 40.7 Å². The molecule has 3 rings (SSSR count). The number of halogens is 1. The average Bonchev–Trinajstić information content (AvgIpc) is 2.71. The molecule has 1 aromatic carbocycles. The number of ether oxygens (including phenoxy) is 1. The molecule has 2 aliphatic rings. The fourth-order valence-electron chi connectivity index (χ4n) is 3.46. The van der Waals surface area contributed by atoms with E-state index >= 15 is 4.39 Å². The lowest BCUT2D eigenvalue weighted by atomic mass is 9.92. The summed E-state index contributed by atoms with van der Waals surface area (Å²) in [4.78, 5) is 18.7. The molecule has 0 spiro atoms. The van der Waals surface area contributed by atoms with Gasteiger partial charge in [0.25, 0.3) is 5.91 Å². The van der Waals surface area contributed by atoms with Crippen LogP contribution in [0.4, 0.5) is 4.39 Å². The van der Waals surface area contributed by atoms with E-state index in [9.17, 15) is 4.79 Å². The Hall–Kier alpha value is -2.21. The molecule has 1 aromatic rings. The third-order valence-electron chi connectivity index (χ3n) is 5.50. The second-order valence-corrected chi connectivity index (χ2v) is 7.68. The zero-order chi connectivity index (χ0) is 20.0. The van der Waals surface area contributed by atoms with E-state index in [0.717, 1.165) is 18.5 Å². The highest BCUT2D eigenvalue weighted by molar-refractivity contribution is 5.94. The molecule has 2 aliphatic heterocycles. The minimum atomic E-state index is -1.28. The minimum Gasteiger partial charge on any atom is -0.477 e. The van der Waals surface area contributed by atoms with E-state index in [0.29, 0.717) is 50.5 Å². The lowest BCUT2D eigenvalue weighted by Gasteiger charge is -2.36. The van der Waals surface area contributed by atoms with Crippen LogP contribution in [0, 0.1) is 13.8 Å². The zero-order valence-corrected chi connectivity index (χ0v) is 16.8. The Morgan fingerprint density at radius 2 is 2.07 bits per heavy atom. The van der Waals surface area contributed by atoms with Gasteiger partial charge in [-0.15, -0.1) is 0 Å². The quantitative estimate of drug-likeness (QED) is 0.763. The number of carbonyl (C=O) groups excluding carboxylic acids is 1. The van der Waals surface area contributed by atoms with Crippen LogP contribution in [0.5, 0.6) is 0 Å². The first kappa shape index (κ1) is 20.5. The number of nitrogens with zero attached hydrogens (tertiary/aromatic N) is 2. The number of aliphatic imine (C=N–C) groups is 1. The summed E-state index contributed by atoms with van der Waals surface area (Å²) in [6, 6.07) is 5.74. The zero-order valence-electron chi connectivity index (χ0n) is 16.8. The van der Waals surface area contributed by atoms with Crippen molar-refractivity contribution in [3.05, 3.63) is 47.0 Å². The molecule has 0 radical (unpaired) electrons. The van der Waals surface area contributed by atoms with Crippen molar-refractivity contribution < 1.29 is 13.9 Å². The van der Waals surface area contributed by atoms with E-state index in [1.165, 1.54) is 5.56 Å². The van der Waals surface area contributed by atoms with Gasteiger partial charge in [0, 0.05) is 51.1 Å². The van der Waals surface area contributed by atoms with Crippen LogP contribution in [0.15, 0.2) is 35.3 Å². The van der Waals surface area contributed by atoms with E-state index in [-0.39, 0.29) is 12.5 Å². The van der Waals surface area contributed by atoms with Crippen LogP contribution in [0.2, 0.25) is 0 Å². The van der Waals surface area contributed by atoms with Gasteiger partial charge in [-0.2, -0.15) is 0 Å². The summed E-state index contributed by atoms with van der Waals surface area (Å²) in [5.41, 5.74) is 1.68. The summed E-state index contributed by atoms with van der Waals surface area (Å²) >= 11 is 0. The topological polar surface area (TPSA) is 53.9 Å². The van der Waals surface area contributed by atoms with Crippen molar-refractivity contribution in [2.24, 2.45) is 4.99 Å². The SMILES string of the molecule is Cc1ccc(C(=O)N2CCC(F)(CNCCOC3=NCCC=C3)CC2)cc1C. The van der Waals surface area contributed by atoms with Gasteiger partial charge in [-0.05, 0) is 49.6 Å². The van der Waals surface area contributed by atoms with Gasteiger partial charge in [-0.3, -0.25) is 9.79 Å². The Morgan fingerprint density at radius 3 is 2.75 bits per heavy atom. The monoisotopic (exact) mass is 387 g/mol. The normalized spacial score (nSPS) is 18.7. The molecule has 0 atom stereocenters. The standard InChI is InChI=1S/C22H30FN3O2/c1-17-6-7-19(15-18(17)2)21(27)26-12-8-22(23,9-13-26)16-24-11-14-28-20-5-3-4-10-25-20/h3,5-7,15,24H,4,8-14,16H2,1-2H3. The fourth-order valence-corrected chi connectivity index (χ4v) is 3.46. The highest BCUT2D eigenvalue weighted by atomic mass is 19.1. The lowest BCUT2D eigenvalue weighted by molar-refractivity contribution is 0.0433. The number of likely N-dealkylation sites (tertiary alicyclic amines) is 1. The molecule has 0 aliphatic carbocycles. The fraction of sp³-hybridized carbons (Fsp3) is 0.545. The molecule has 5 nitrogen and oxygen atoms in total. The molecule has 2 heterocycles. The Kier molecular flexibility index (Phi) is 6.83. The smallest absolute Gasteiger partial charge is 0.253 e. The first-order valence-electron chi connectivity index (χ1n) is 10.1. The van der Waals surface area contributed by atoms with Gasteiger partial charge in [0.15, 0.2) is 0 Å². The average molecular weight is 387 g/mol. The maximum Gasteiger partial charge on any atom is 0.253 e. The molecule has 0 unspecified atom stereocenters. The highest BCUT2D eigenvalue weighted by Gasteiger charge is 2.35. The molecule has 1 saturated heterocycles. The van der Waals surface area contributed by atoms with Crippen LogP contribution in [0.3, 0.4) is 0 Å². The molecule has 0 aromatic heterocycles. The number of piperidine rings is 1. The van der Waals surface area contributed by atoms with Crippen molar-refractivity contribution in [1.29, 1.82) is 0 Å². The van der Waals surface area contributed by atoms with Gasteiger partial charge in [0.2, 0.25) is 5.90 Å². The van der Waals surface area contributed by atoms with Crippen LogP contribution >= 0.6 is 0 Å². The van der Waals surface area contributed by atoms with E-state index in [1.54, 1.807) is 4.90 Å². The molecule has 1 amide bonds. The van der Waals surface area contributed by atoms with Crippen molar-refractivity contribution in [3.8, 4) is 0 Å². The Bertz CT molecular complexity index is 752. The highest BCUT2D eigenvalue weighted by Crippen LogP contribution is 2.27. The molecule has 152 valence electrons. The number of amides is 1. The van der Waals surface area contributed by atoms with Crippen molar-refractivity contribution >= 4 is 11.8 Å². The molecule has 0 saturated carbocycles. The number of benzene rings is 1. The van der Waals surface area contributed by atoms with Gasteiger partial charge in [-0.1, -0.05) is 12.1 Å². The van der Waals surface area contributed by atoms with Crippen molar-refractivity contribution in [2.75, 3.05) is 39.3 Å². The number of hydrogen-bond donors (Lipinski definition) is 1. The maximum absolute atomic E-state index is 15.0. The first-order valence-corrected chi connectivity index (χ1v) is 10.1. The molecule has 1 N–H and O–H groups in total. The van der Waals surface area contributed by atoms with Gasteiger partial charge in [0.05, 0.1) is 0 Å². The third kappa shape index (κ3) is 5.41. The lowest BCUT2D eigenvalue weighted by Crippen LogP contribution is -2.49. The first-order chi connectivity index (χ1) is 13.5. The van der Waals surface area contributed by atoms with Crippen LogP contribution < -0.4 is 5.32 Å². The van der Waals surface area contributed by atoms with E-state index in [4.69, 9.17) is 4.74 Å². The maximum atomic E-state index is 15.0. The summed E-state index contributed by atoms with van der Waals surface area (Å²) < 4.78 is 20.6. The predicted octanol–water partition coefficient (Wildman–Crippen LogP) is 3.21. The second-order valence-electron chi connectivity index (χ2n) is 7.68. The summed E-state index contributed by atoms with van der Waals surface area (Å²) in [5.74, 6) is 0.647. The minimum absolute atomic E-state index is 0.00665. The van der Waals surface area contributed by atoms with E-state index in [2.05, 4.69) is 10.3 Å². The second kappa shape index (κ2) is 9.32. The van der Waals surface area contributed by atoms with Gasteiger partial charge >= 0.3 is 0 Å². The molecular formula is C22H30FN3O2. The van der Waals surface area contributed by atoms with Gasteiger partial charge < -0.3 is 15.0 Å². The summed E-state index contributed by atoms with van der Waals surface area (Å²) in [6.07, 6.45) is 5.58. The van der Waals surface area contributed by atoms with Gasteiger partial charge in [0.1, 0.15) is 12.3 Å². The van der Waals surface area contributed by atoms with Crippen LogP contribution in [0.25, 0.3) is 0 Å². The molecule has 1 fully saturated rings. The van der Waals surface area contributed by atoms with Crippen LogP contribution in [-0.2, 0) is 4.74 Å². The van der Waals surface area contributed by atoms with Crippen molar-refractivity contribution in [3.63, 3.8) is 0 Å². The number of aryl methyl sites for hydroxylation is 2. The van der Waals surface area contributed by atoms with Crippen molar-refractivity contribution in [1.82, 2.24) is 10.2 Å².